The third kappa shape index (κ3) is 7.27. The second-order valence-electron chi connectivity index (χ2n) is 6.21. The third-order valence-corrected chi connectivity index (χ3v) is 2.31. The predicted octanol–water partition coefficient (Wildman–Crippen LogP) is 0.779. The van der Waals surface area contributed by atoms with Crippen LogP contribution in [0.1, 0.15) is 48.0 Å². The van der Waals surface area contributed by atoms with Crippen molar-refractivity contribution in [3.8, 4) is 0 Å². The average Bonchev–Trinajstić information content (AvgIpc) is 2.13. The Morgan fingerprint density at radius 1 is 1.11 bits per heavy atom. The molecule has 0 bridgehead atoms. The minimum Gasteiger partial charge on any atom is -0.350 e. The van der Waals surface area contributed by atoms with Crippen molar-refractivity contribution in [2.75, 3.05) is 0 Å². The fraction of sp³-hybridized carbons (Fsp3) is 0.846. The van der Waals surface area contributed by atoms with E-state index in [1.165, 1.54) is 0 Å². The highest BCUT2D eigenvalue weighted by Crippen LogP contribution is 2.03. The number of rotatable bonds is 5. The fourth-order valence-corrected chi connectivity index (χ4v) is 1.48. The highest BCUT2D eigenvalue weighted by atomic mass is 16.2. The van der Waals surface area contributed by atoms with Crippen molar-refractivity contribution in [1.29, 1.82) is 0 Å². The first-order valence-electron chi connectivity index (χ1n) is 6.41. The van der Waals surface area contributed by atoms with Crippen LogP contribution in [0, 0.1) is 5.92 Å². The van der Waals surface area contributed by atoms with Gasteiger partial charge in [0.2, 0.25) is 11.8 Å². The molecular formula is C13H27N3O2. The maximum Gasteiger partial charge on any atom is 0.242 e. The van der Waals surface area contributed by atoms with E-state index in [1.54, 1.807) is 6.92 Å². The van der Waals surface area contributed by atoms with E-state index in [2.05, 4.69) is 10.6 Å². The molecule has 0 aromatic carbocycles. The van der Waals surface area contributed by atoms with Crippen molar-refractivity contribution in [1.82, 2.24) is 10.6 Å². The lowest BCUT2D eigenvalue weighted by atomic mass is 10.0. The van der Waals surface area contributed by atoms with Gasteiger partial charge in [0.15, 0.2) is 0 Å². The number of carbonyl (C=O) groups excluding carboxylic acids is 2. The van der Waals surface area contributed by atoms with Crippen LogP contribution in [0.2, 0.25) is 0 Å². The van der Waals surface area contributed by atoms with Crippen LogP contribution >= 0.6 is 0 Å². The van der Waals surface area contributed by atoms with Crippen LogP contribution in [0.25, 0.3) is 0 Å². The quantitative estimate of drug-likeness (QED) is 0.680. The molecule has 5 heteroatoms. The Kier molecular flexibility index (Phi) is 6.32. The summed E-state index contributed by atoms with van der Waals surface area (Å²) in [6, 6.07) is -1.13. The molecule has 0 heterocycles. The van der Waals surface area contributed by atoms with Gasteiger partial charge in [-0.05, 0) is 40.0 Å². The Morgan fingerprint density at radius 3 is 2.00 bits per heavy atom. The number of nitrogens with two attached hydrogens (primary N) is 1. The zero-order chi connectivity index (χ0) is 14.5. The van der Waals surface area contributed by atoms with E-state index < -0.39 is 12.1 Å². The molecule has 0 aromatic heterocycles. The van der Waals surface area contributed by atoms with E-state index in [1.807, 2.05) is 34.6 Å². The van der Waals surface area contributed by atoms with Crippen molar-refractivity contribution in [2.24, 2.45) is 11.7 Å². The normalized spacial score (nSPS) is 15.1. The predicted molar refractivity (Wildman–Crippen MR) is 72.9 cm³/mol. The van der Waals surface area contributed by atoms with Crippen molar-refractivity contribution < 1.29 is 9.59 Å². The summed E-state index contributed by atoms with van der Waals surface area (Å²) < 4.78 is 0. The monoisotopic (exact) mass is 257 g/mol. The van der Waals surface area contributed by atoms with Crippen molar-refractivity contribution in [3.63, 3.8) is 0 Å². The van der Waals surface area contributed by atoms with Crippen LogP contribution in [0.3, 0.4) is 0 Å². The topological polar surface area (TPSA) is 84.2 Å². The first-order chi connectivity index (χ1) is 8.03. The SMILES string of the molecule is CC(C)CC(N)C(=O)NC(C)C(=O)NC(C)(C)C. The van der Waals surface area contributed by atoms with Gasteiger partial charge in [0.05, 0.1) is 6.04 Å². The number of nitrogens with one attached hydrogen (secondary N) is 2. The molecule has 0 saturated carbocycles. The van der Waals surface area contributed by atoms with Gasteiger partial charge in [0.1, 0.15) is 6.04 Å². The summed E-state index contributed by atoms with van der Waals surface area (Å²) in [4.78, 5) is 23.5. The Hall–Kier alpha value is -1.10. The minimum absolute atomic E-state index is 0.201. The van der Waals surface area contributed by atoms with Crippen LogP contribution in [-0.2, 0) is 9.59 Å². The zero-order valence-electron chi connectivity index (χ0n) is 12.3. The lowest BCUT2D eigenvalue weighted by Crippen LogP contribution is -2.53. The summed E-state index contributed by atoms with van der Waals surface area (Å²) in [5.74, 6) is -0.127. The molecule has 0 saturated heterocycles. The van der Waals surface area contributed by atoms with E-state index in [-0.39, 0.29) is 17.4 Å². The maximum atomic E-state index is 11.8. The van der Waals surface area contributed by atoms with Crippen LogP contribution in [0.15, 0.2) is 0 Å². The van der Waals surface area contributed by atoms with E-state index in [0.717, 1.165) is 0 Å². The van der Waals surface area contributed by atoms with Crippen LogP contribution in [0.5, 0.6) is 0 Å². The second-order valence-corrected chi connectivity index (χ2v) is 6.21. The maximum absolute atomic E-state index is 11.8. The van der Waals surface area contributed by atoms with Crippen LogP contribution in [0.4, 0.5) is 0 Å². The summed E-state index contributed by atoms with van der Waals surface area (Å²) in [7, 11) is 0. The second kappa shape index (κ2) is 6.73. The summed E-state index contributed by atoms with van der Waals surface area (Å²) in [6.45, 7) is 11.3. The van der Waals surface area contributed by atoms with Crippen LogP contribution in [-0.4, -0.2) is 29.4 Å². The van der Waals surface area contributed by atoms with E-state index >= 15 is 0 Å². The third-order valence-electron chi connectivity index (χ3n) is 2.31. The van der Waals surface area contributed by atoms with Crippen LogP contribution < -0.4 is 16.4 Å². The van der Waals surface area contributed by atoms with E-state index in [0.29, 0.717) is 12.3 Å². The van der Waals surface area contributed by atoms with Gasteiger partial charge in [-0.25, -0.2) is 0 Å². The highest BCUT2D eigenvalue weighted by Gasteiger charge is 2.23. The number of hydrogen-bond acceptors (Lipinski definition) is 3. The molecule has 18 heavy (non-hydrogen) atoms. The van der Waals surface area contributed by atoms with Crippen molar-refractivity contribution >= 4 is 11.8 Å². The van der Waals surface area contributed by atoms with Gasteiger partial charge >= 0.3 is 0 Å². The standard InChI is InChI=1S/C13H27N3O2/c1-8(2)7-10(14)12(18)15-9(3)11(17)16-13(4,5)6/h8-10H,7,14H2,1-6H3,(H,15,18)(H,16,17). The van der Waals surface area contributed by atoms with Gasteiger partial charge in [-0.2, -0.15) is 0 Å². The lowest BCUT2D eigenvalue weighted by Gasteiger charge is -2.24. The molecule has 2 amide bonds. The smallest absolute Gasteiger partial charge is 0.242 e. The molecular weight excluding hydrogens is 230 g/mol. The molecule has 0 aliphatic carbocycles. The molecule has 106 valence electrons. The van der Waals surface area contributed by atoms with Gasteiger partial charge in [-0.15, -0.1) is 0 Å². The Balaban J connectivity index is 4.26. The van der Waals surface area contributed by atoms with Crippen molar-refractivity contribution in [3.05, 3.63) is 0 Å². The largest absolute Gasteiger partial charge is 0.350 e. The average molecular weight is 257 g/mol. The highest BCUT2D eigenvalue weighted by molar-refractivity contribution is 5.89. The van der Waals surface area contributed by atoms with Gasteiger partial charge in [0, 0.05) is 5.54 Å². The van der Waals surface area contributed by atoms with E-state index in [4.69, 9.17) is 5.73 Å². The van der Waals surface area contributed by atoms with Gasteiger partial charge in [-0.3, -0.25) is 9.59 Å². The number of hydrogen-bond donors (Lipinski definition) is 3. The molecule has 2 atom stereocenters. The first kappa shape index (κ1) is 16.9. The molecule has 0 fully saturated rings. The molecule has 2 unspecified atom stereocenters. The molecule has 0 spiro atoms. The summed E-state index contributed by atoms with van der Waals surface area (Å²) in [6.07, 6.45) is 0.611. The van der Waals surface area contributed by atoms with Crippen molar-refractivity contribution in [2.45, 2.75) is 65.6 Å². The molecule has 0 radical (unpaired) electrons. The summed E-state index contributed by atoms with van der Waals surface area (Å²) >= 11 is 0. The van der Waals surface area contributed by atoms with E-state index in [9.17, 15) is 9.59 Å². The zero-order valence-corrected chi connectivity index (χ0v) is 12.3. The molecule has 0 aliphatic heterocycles. The first-order valence-corrected chi connectivity index (χ1v) is 6.41. The van der Waals surface area contributed by atoms with Gasteiger partial charge < -0.3 is 16.4 Å². The molecule has 0 rings (SSSR count). The number of carbonyl (C=O) groups is 2. The molecule has 4 N–H and O–H groups in total. The Labute approximate surface area is 110 Å². The van der Waals surface area contributed by atoms with Gasteiger partial charge in [-0.1, -0.05) is 13.8 Å². The summed E-state index contributed by atoms with van der Waals surface area (Å²) in [5, 5.41) is 5.44. The van der Waals surface area contributed by atoms with Gasteiger partial charge in [0.25, 0.3) is 0 Å². The minimum atomic E-state index is -0.574. The molecule has 0 aliphatic rings. The number of amides is 2. The molecule has 0 aromatic rings. The Bertz CT molecular complexity index is 295. The Morgan fingerprint density at radius 2 is 1.61 bits per heavy atom. The lowest BCUT2D eigenvalue weighted by molar-refractivity contribution is -0.130. The molecule has 5 nitrogen and oxygen atoms in total. The fourth-order valence-electron chi connectivity index (χ4n) is 1.48. The summed E-state index contributed by atoms with van der Waals surface area (Å²) in [5.41, 5.74) is 5.44.